The average molecular weight is 349 g/mol. The largest absolute Gasteiger partial charge is 0.477 e. The van der Waals surface area contributed by atoms with Gasteiger partial charge in [-0.05, 0) is 38.3 Å². The first-order valence-electron chi connectivity index (χ1n) is 8.57. The van der Waals surface area contributed by atoms with E-state index in [1.165, 1.54) is 0 Å². The first-order valence-corrected chi connectivity index (χ1v) is 8.57. The molecule has 0 bridgehead atoms. The van der Waals surface area contributed by atoms with Crippen molar-refractivity contribution in [3.63, 3.8) is 0 Å². The Morgan fingerprint density at radius 3 is 2.68 bits per heavy atom. The van der Waals surface area contributed by atoms with Crippen molar-refractivity contribution >= 4 is 17.9 Å². The summed E-state index contributed by atoms with van der Waals surface area (Å²) in [5.41, 5.74) is -0.0343. The van der Waals surface area contributed by atoms with Gasteiger partial charge in [0.25, 0.3) is 5.91 Å². The monoisotopic (exact) mass is 349 g/mol. The molecule has 1 atom stereocenters. The van der Waals surface area contributed by atoms with Gasteiger partial charge in [0.2, 0.25) is 0 Å². The number of rotatable bonds is 6. The van der Waals surface area contributed by atoms with Crippen LogP contribution in [0.25, 0.3) is 0 Å². The van der Waals surface area contributed by atoms with Crippen LogP contribution in [0.2, 0.25) is 0 Å². The molecule has 0 saturated carbocycles. The maximum Gasteiger partial charge on any atom is 0.354 e. The standard InChI is InChI=1S/C16H23N5O4/c1-2-5-16(14(24)18-15(25)19-16)11-3-6-21(7-4-11)9-10-8-17-20-12(10)13(22)23/h8,11H,2-7,9H2,1H3,(H,17,20)(H,22,23)(H2,18,19,24,25)/t16-/m1/s1. The van der Waals surface area contributed by atoms with Crippen molar-refractivity contribution < 1.29 is 19.5 Å². The van der Waals surface area contributed by atoms with E-state index in [4.69, 9.17) is 5.11 Å². The molecule has 0 unspecified atom stereocenters. The third-order valence-corrected chi connectivity index (χ3v) is 5.22. The minimum Gasteiger partial charge on any atom is -0.477 e. The molecule has 2 aliphatic rings. The Labute approximate surface area is 145 Å². The summed E-state index contributed by atoms with van der Waals surface area (Å²) in [7, 11) is 0. The third kappa shape index (κ3) is 3.23. The van der Waals surface area contributed by atoms with Gasteiger partial charge in [-0.2, -0.15) is 5.10 Å². The van der Waals surface area contributed by atoms with Gasteiger partial charge in [-0.25, -0.2) is 9.59 Å². The van der Waals surface area contributed by atoms with Crippen LogP contribution in [-0.4, -0.2) is 56.7 Å². The summed E-state index contributed by atoms with van der Waals surface area (Å²) in [5, 5.41) is 20.7. The average Bonchev–Trinajstić information content (AvgIpc) is 3.13. The lowest BCUT2D eigenvalue weighted by atomic mass is 9.75. The fraction of sp³-hybridized carbons (Fsp3) is 0.625. The second-order valence-corrected chi connectivity index (χ2v) is 6.76. The molecule has 3 amide bonds. The number of aromatic nitrogens is 2. The summed E-state index contributed by atoms with van der Waals surface area (Å²) in [5.74, 6) is -1.16. The highest BCUT2D eigenvalue weighted by Crippen LogP contribution is 2.34. The molecular formula is C16H23N5O4. The van der Waals surface area contributed by atoms with Gasteiger partial charge < -0.3 is 10.4 Å². The lowest BCUT2D eigenvalue weighted by Gasteiger charge is -2.40. The second-order valence-electron chi connectivity index (χ2n) is 6.76. The summed E-state index contributed by atoms with van der Waals surface area (Å²) in [6.45, 7) is 3.98. The van der Waals surface area contributed by atoms with Crippen molar-refractivity contribution in [2.45, 2.75) is 44.7 Å². The van der Waals surface area contributed by atoms with E-state index in [0.717, 1.165) is 32.4 Å². The number of carbonyl (C=O) groups excluding carboxylic acids is 2. The molecule has 3 heterocycles. The van der Waals surface area contributed by atoms with E-state index in [2.05, 4.69) is 25.7 Å². The summed E-state index contributed by atoms with van der Waals surface area (Å²) in [6.07, 6.45) is 4.52. The van der Waals surface area contributed by atoms with E-state index >= 15 is 0 Å². The number of aromatic carboxylic acids is 1. The minimum absolute atomic E-state index is 0.0819. The fourth-order valence-electron chi connectivity index (χ4n) is 4.01. The highest BCUT2D eigenvalue weighted by atomic mass is 16.4. The van der Waals surface area contributed by atoms with Crippen molar-refractivity contribution in [2.75, 3.05) is 13.1 Å². The number of carboxylic acid groups (broad SMARTS) is 1. The smallest absolute Gasteiger partial charge is 0.354 e. The number of nitrogens with zero attached hydrogens (tertiary/aromatic N) is 2. The molecule has 0 aromatic carbocycles. The van der Waals surface area contributed by atoms with Crippen LogP contribution in [0.15, 0.2) is 6.20 Å². The molecule has 2 fully saturated rings. The van der Waals surface area contributed by atoms with Crippen molar-refractivity contribution in [1.29, 1.82) is 0 Å². The molecule has 4 N–H and O–H groups in total. The predicted octanol–water partition coefficient (Wildman–Crippen LogP) is 0.698. The maximum atomic E-state index is 12.4. The van der Waals surface area contributed by atoms with Crippen LogP contribution in [0.1, 0.15) is 48.7 Å². The number of H-pyrrole nitrogens is 1. The van der Waals surface area contributed by atoms with Crippen LogP contribution in [0.5, 0.6) is 0 Å². The number of carboxylic acids is 1. The lowest BCUT2D eigenvalue weighted by molar-refractivity contribution is -0.127. The number of urea groups is 1. The molecule has 1 aromatic heterocycles. The maximum absolute atomic E-state index is 12.4. The quantitative estimate of drug-likeness (QED) is 0.560. The van der Waals surface area contributed by atoms with Crippen molar-refractivity contribution in [2.24, 2.45) is 5.92 Å². The molecule has 136 valence electrons. The van der Waals surface area contributed by atoms with Crippen LogP contribution >= 0.6 is 0 Å². The van der Waals surface area contributed by atoms with E-state index in [0.29, 0.717) is 18.5 Å². The van der Waals surface area contributed by atoms with Gasteiger partial charge in [0.15, 0.2) is 0 Å². The predicted molar refractivity (Wildman–Crippen MR) is 87.9 cm³/mol. The SMILES string of the molecule is CCC[C@]1(C2CCN(Cc3cn[nH]c3C(=O)O)CC2)NC(=O)NC1=O. The number of hydrogen-bond donors (Lipinski definition) is 4. The Morgan fingerprint density at radius 2 is 2.12 bits per heavy atom. The topological polar surface area (TPSA) is 127 Å². The van der Waals surface area contributed by atoms with E-state index < -0.39 is 17.5 Å². The zero-order chi connectivity index (χ0) is 18.0. The van der Waals surface area contributed by atoms with Crippen molar-refractivity contribution in [3.05, 3.63) is 17.5 Å². The van der Waals surface area contributed by atoms with Gasteiger partial charge in [0, 0.05) is 12.1 Å². The van der Waals surface area contributed by atoms with Gasteiger partial charge in [0.05, 0.1) is 6.20 Å². The molecular weight excluding hydrogens is 326 g/mol. The number of carbonyl (C=O) groups is 3. The number of amides is 3. The van der Waals surface area contributed by atoms with Crippen LogP contribution in [0, 0.1) is 5.92 Å². The Hall–Kier alpha value is -2.42. The Morgan fingerprint density at radius 1 is 1.40 bits per heavy atom. The lowest BCUT2D eigenvalue weighted by Crippen LogP contribution is -2.55. The molecule has 0 aliphatic carbocycles. The fourth-order valence-corrected chi connectivity index (χ4v) is 4.01. The second kappa shape index (κ2) is 6.83. The minimum atomic E-state index is -1.02. The zero-order valence-corrected chi connectivity index (χ0v) is 14.2. The Bertz CT molecular complexity index is 680. The Kier molecular flexibility index (Phi) is 4.76. The highest BCUT2D eigenvalue weighted by Gasteiger charge is 2.51. The van der Waals surface area contributed by atoms with Crippen molar-refractivity contribution in [3.8, 4) is 0 Å². The third-order valence-electron chi connectivity index (χ3n) is 5.22. The number of imide groups is 1. The molecule has 9 heteroatoms. The molecule has 9 nitrogen and oxygen atoms in total. The zero-order valence-electron chi connectivity index (χ0n) is 14.2. The van der Waals surface area contributed by atoms with Crippen LogP contribution in [-0.2, 0) is 11.3 Å². The molecule has 0 radical (unpaired) electrons. The van der Waals surface area contributed by atoms with E-state index in [9.17, 15) is 14.4 Å². The van der Waals surface area contributed by atoms with E-state index in [-0.39, 0.29) is 17.5 Å². The Balaban J connectivity index is 1.65. The van der Waals surface area contributed by atoms with Crippen LogP contribution in [0.4, 0.5) is 4.79 Å². The van der Waals surface area contributed by atoms with Gasteiger partial charge in [-0.15, -0.1) is 0 Å². The van der Waals surface area contributed by atoms with Gasteiger partial charge in [0.1, 0.15) is 11.2 Å². The van der Waals surface area contributed by atoms with Gasteiger partial charge >= 0.3 is 12.0 Å². The summed E-state index contributed by atoms with van der Waals surface area (Å²) in [6, 6.07) is -0.412. The van der Waals surface area contributed by atoms with Gasteiger partial charge in [-0.1, -0.05) is 13.3 Å². The van der Waals surface area contributed by atoms with Crippen molar-refractivity contribution in [1.82, 2.24) is 25.7 Å². The van der Waals surface area contributed by atoms with Gasteiger partial charge in [-0.3, -0.25) is 20.1 Å². The molecule has 3 rings (SSSR count). The first kappa shape index (κ1) is 17.4. The number of aromatic amines is 1. The number of hydrogen-bond acceptors (Lipinski definition) is 5. The first-order chi connectivity index (χ1) is 12.0. The molecule has 0 spiro atoms. The van der Waals surface area contributed by atoms with E-state index in [1.807, 2.05) is 6.92 Å². The summed E-state index contributed by atoms with van der Waals surface area (Å²) < 4.78 is 0. The molecule has 2 aliphatic heterocycles. The number of nitrogens with one attached hydrogen (secondary N) is 3. The molecule has 25 heavy (non-hydrogen) atoms. The van der Waals surface area contributed by atoms with Crippen LogP contribution < -0.4 is 10.6 Å². The molecule has 1 aromatic rings. The normalized spacial score (nSPS) is 25.0. The number of piperidine rings is 1. The molecule has 2 saturated heterocycles. The summed E-state index contributed by atoms with van der Waals surface area (Å²) in [4.78, 5) is 37.3. The van der Waals surface area contributed by atoms with E-state index in [1.54, 1.807) is 6.20 Å². The number of likely N-dealkylation sites (tertiary alicyclic amines) is 1. The van der Waals surface area contributed by atoms with Crippen LogP contribution in [0.3, 0.4) is 0 Å². The highest BCUT2D eigenvalue weighted by molar-refractivity contribution is 6.07. The summed E-state index contributed by atoms with van der Waals surface area (Å²) >= 11 is 0.